The number of nitrogens with one attached hydrogen (secondary N) is 1. The minimum atomic E-state index is -0.465. The first-order valence-corrected chi connectivity index (χ1v) is 9.28. The molecule has 0 spiro atoms. The Morgan fingerprint density at radius 2 is 1.92 bits per heavy atom. The van der Waals surface area contributed by atoms with Crippen molar-refractivity contribution < 1.29 is 14.0 Å². The lowest BCUT2D eigenvalue weighted by atomic mass is 9.67. The molecular formula is C20H28ClFN2O2. The van der Waals surface area contributed by atoms with Crippen LogP contribution >= 0.6 is 12.4 Å². The summed E-state index contributed by atoms with van der Waals surface area (Å²) in [5, 5.41) is 3.17. The van der Waals surface area contributed by atoms with Crippen molar-refractivity contribution in [2.45, 2.75) is 57.5 Å². The summed E-state index contributed by atoms with van der Waals surface area (Å²) >= 11 is 0. The zero-order valence-corrected chi connectivity index (χ0v) is 15.9. The molecule has 2 aliphatic rings. The van der Waals surface area contributed by atoms with Gasteiger partial charge in [-0.2, -0.15) is 0 Å². The van der Waals surface area contributed by atoms with Gasteiger partial charge in [-0.1, -0.05) is 25.5 Å². The molecule has 3 unspecified atom stereocenters. The maximum absolute atomic E-state index is 13.3. The number of fused-ring (bicyclic) bond motifs is 2. The molecule has 0 radical (unpaired) electrons. The Balaban J connectivity index is 0.00000243. The van der Waals surface area contributed by atoms with Crippen molar-refractivity contribution in [2.75, 3.05) is 0 Å². The molecule has 4 nitrogen and oxygen atoms in total. The van der Waals surface area contributed by atoms with Crippen LogP contribution in [0.25, 0.3) is 0 Å². The fourth-order valence-corrected chi connectivity index (χ4v) is 4.57. The molecule has 1 aromatic rings. The molecule has 2 saturated carbocycles. The van der Waals surface area contributed by atoms with Gasteiger partial charge in [0.25, 0.3) is 0 Å². The van der Waals surface area contributed by atoms with Gasteiger partial charge in [0, 0.05) is 30.0 Å². The van der Waals surface area contributed by atoms with Crippen molar-refractivity contribution in [1.29, 1.82) is 0 Å². The average molecular weight is 383 g/mol. The van der Waals surface area contributed by atoms with Crippen molar-refractivity contribution in [3.63, 3.8) is 0 Å². The second-order valence-electron chi connectivity index (χ2n) is 7.76. The summed E-state index contributed by atoms with van der Waals surface area (Å²) in [6.45, 7) is 1.73. The van der Waals surface area contributed by atoms with Crippen LogP contribution in [0.5, 0.6) is 0 Å². The predicted octanol–water partition coefficient (Wildman–Crippen LogP) is 3.48. The summed E-state index contributed by atoms with van der Waals surface area (Å²) in [7, 11) is 0. The van der Waals surface area contributed by atoms with E-state index in [0.29, 0.717) is 17.4 Å². The van der Waals surface area contributed by atoms with Gasteiger partial charge in [0.15, 0.2) is 5.78 Å². The molecular weight excluding hydrogens is 355 g/mol. The summed E-state index contributed by atoms with van der Waals surface area (Å²) in [6.07, 6.45) is 5.53. The normalized spacial score (nSPS) is 28.6. The van der Waals surface area contributed by atoms with E-state index in [1.807, 2.05) is 0 Å². The molecule has 2 bridgehead atoms. The maximum Gasteiger partial charge on any atom is 0.220 e. The van der Waals surface area contributed by atoms with Gasteiger partial charge in [-0.25, -0.2) is 4.39 Å². The first-order chi connectivity index (χ1) is 11.9. The van der Waals surface area contributed by atoms with E-state index < -0.39 is 11.7 Å². The van der Waals surface area contributed by atoms with Crippen LogP contribution in [0.3, 0.4) is 0 Å². The second-order valence-corrected chi connectivity index (χ2v) is 7.76. The zero-order chi connectivity index (χ0) is 18.0. The van der Waals surface area contributed by atoms with Gasteiger partial charge < -0.3 is 11.1 Å². The number of rotatable bonds is 5. The highest BCUT2D eigenvalue weighted by Gasteiger charge is 2.40. The molecule has 0 aliphatic heterocycles. The van der Waals surface area contributed by atoms with Crippen molar-refractivity contribution >= 4 is 24.1 Å². The van der Waals surface area contributed by atoms with Crippen LogP contribution in [-0.2, 0) is 4.79 Å². The van der Waals surface area contributed by atoms with Crippen LogP contribution in [0.15, 0.2) is 24.3 Å². The van der Waals surface area contributed by atoms with E-state index in [0.717, 1.165) is 25.7 Å². The Kier molecular flexibility index (Phi) is 7.18. The van der Waals surface area contributed by atoms with Crippen LogP contribution < -0.4 is 11.1 Å². The fourth-order valence-electron chi connectivity index (χ4n) is 4.57. The number of amides is 1. The van der Waals surface area contributed by atoms with Crippen LogP contribution in [0.4, 0.5) is 4.39 Å². The summed E-state index contributed by atoms with van der Waals surface area (Å²) in [6, 6.07) is 6.08. The lowest BCUT2D eigenvalue weighted by Crippen LogP contribution is -2.53. The van der Waals surface area contributed by atoms with E-state index in [1.165, 1.54) is 24.6 Å². The van der Waals surface area contributed by atoms with Gasteiger partial charge in [-0.15, -0.1) is 12.4 Å². The zero-order valence-electron chi connectivity index (χ0n) is 15.1. The second kappa shape index (κ2) is 8.96. The Morgan fingerprint density at radius 3 is 2.54 bits per heavy atom. The van der Waals surface area contributed by atoms with E-state index in [1.54, 1.807) is 13.0 Å². The van der Waals surface area contributed by atoms with Crippen molar-refractivity contribution in [2.24, 2.45) is 23.5 Å². The minimum Gasteiger partial charge on any atom is -0.353 e. The highest BCUT2D eigenvalue weighted by atomic mass is 35.5. The Hall–Kier alpha value is -1.46. The smallest absolute Gasteiger partial charge is 0.220 e. The maximum atomic E-state index is 13.3. The summed E-state index contributed by atoms with van der Waals surface area (Å²) < 4.78 is 13.3. The van der Waals surface area contributed by atoms with E-state index in [4.69, 9.17) is 5.73 Å². The average Bonchev–Trinajstić information content (AvgIpc) is 2.55. The third kappa shape index (κ3) is 4.83. The molecule has 0 heterocycles. The monoisotopic (exact) mass is 382 g/mol. The standard InChI is InChI=1S/C20H27FN2O2.ClH/c1-12(20(25)15-6-3-7-16(21)9-15)8-18(24)23-19-13-4-2-5-14(19)11-17(22)10-13;/h3,6-7,9,12-14,17,19H,2,4-5,8,10-11,22H2,1H3,(H,23,24);1H. The van der Waals surface area contributed by atoms with Crippen molar-refractivity contribution in [1.82, 2.24) is 5.32 Å². The molecule has 1 amide bonds. The number of halogens is 2. The number of hydrogen-bond donors (Lipinski definition) is 2. The van der Waals surface area contributed by atoms with Gasteiger partial charge in [-0.05, 0) is 49.7 Å². The fraction of sp³-hybridized carbons (Fsp3) is 0.600. The van der Waals surface area contributed by atoms with Crippen molar-refractivity contribution in [3.05, 3.63) is 35.6 Å². The Labute approximate surface area is 160 Å². The van der Waals surface area contributed by atoms with E-state index in [2.05, 4.69) is 5.32 Å². The largest absolute Gasteiger partial charge is 0.353 e. The van der Waals surface area contributed by atoms with Crippen LogP contribution in [0, 0.1) is 23.6 Å². The molecule has 1 aromatic carbocycles. The van der Waals surface area contributed by atoms with Gasteiger partial charge in [-0.3, -0.25) is 9.59 Å². The summed E-state index contributed by atoms with van der Waals surface area (Å²) in [4.78, 5) is 24.9. The van der Waals surface area contributed by atoms with Gasteiger partial charge in [0.2, 0.25) is 5.91 Å². The number of benzene rings is 1. The number of hydrogen-bond acceptors (Lipinski definition) is 3. The van der Waals surface area contributed by atoms with Crippen LogP contribution in [-0.4, -0.2) is 23.8 Å². The molecule has 0 saturated heterocycles. The minimum absolute atomic E-state index is 0. The number of carbonyl (C=O) groups excluding carboxylic acids is 2. The Bertz CT molecular complexity index is 640. The molecule has 26 heavy (non-hydrogen) atoms. The van der Waals surface area contributed by atoms with E-state index >= 15 is 0 Å². The highest BCUT2D eigenvalue weighted by Crippen LogP contribution is 2.39. The molecule has 3 N–H and O–H groups in total. The topological polar surface area (TPSA) is 72.2 Å². The molecule has 6 heteroatoms. The lowest BCUT2D eigenvalue weighted by molar-refractivity contribution is -0.124. The number of nitrogens with two attached hydrogens (primary N) is 1. The predicted molar refractivity (Wildman–Crippen MR) is 102 cm³/mol. The number of carbonyl (C=O) groups is 2. The summed E-state index contributed by atoms with van der Waals surface area (Å²) in [5.74, 6) is -0.266. The van der Waals surface area contributed by atoms with Crippen molar-refractivity contribution in [3.8, 4) is 0 Å². The first-order valence-electron chi connectivity index (χ1n) is 9.28. The molecule has 2 aliphatic carbocycles. The van der Waals surface area contributed by atoms with Gasteiger partial charge >= 0.3 is 0 Å². The van der Waals surface area contributed by atoms with Gasteiger partial charge in [0.1, 0.15) is 5.82 Å². The van der Waals surface area contributed by atoms with E-state index in [-0.39, 0.29) is 42.6 Å². The number of Topliss-reactive ketones (excluding diaryl/α,β-unsaturated/α-hetero) is 1. The molecule has 0 aromatic heterocycles. The molecule has 3 atom stereocenters. The molecule has 144 valence electrons. The van der Waals surface area contributed by atoms with Crippen LogP contribution in [0.2, 0.25) is 0 Å². The lowest BCUT2D eigenvalue weighted by Gasteiger charge is -2.45. The van der Waals surface area contributed by atoms with E-state index in [9.17, 15) is 14.0 Å². The van der Waals surface area contributed by atoms with Crippen LogP contribution in [0.1, 0.15) is 55.8 Å². The first kappa shape index (κ1) is 20.8. The Morgan fingerprint density at radius 1 is 1.27 bits per heavy atom. The highest BCUT2D eigenvalue weighted by molar-refractivity contribution is 5.99. The van der Waals surface area contributed by atoms with Gasteiger partial charge in [0.05, 0.1) is 0 Å². The SMILES string of the molecule is CC(CC(=O)NC1C2CCCC1CC(N)C2)C(=O)c1cccc(F)c1.Cl. The molecule has 3 rings (SSSR count). The third-order valence-corrected chi connectivity index (χ3v) is 5.75. The number of ketones is 1. The summed E-state index contributed by atoms with van der Waals surface area (Å²) in [5.41, 5.74) is 6.45. The molecule has 2 fully saturated rings. The quantitative estimate of drug-likeness (QED) is 0.766. The third-order valence-electron chi connectivity index (χ3n) is 5.75.